The number of rotatable bonds is 6. The standard InChI is InChI=1S/C16H15BrFNO3/c1-2-21-13-6-4-12(5-7-13)19-16(20)10-22-15-8-3-11(17)9-14(15)18/h3-9H,2,10H2,1H3,(H,19,20). The van der Waals surface area contributed by atoms with Crippen LogP contribution in [0.5, 0.6) is 11.5 Å². The summed E-state index contributed by atoms with van der Waals surface area (Å²) in [7, 11) is 0. The second-order valence-corrected chi connectivity index (χ2v) is 5.28. The van der Waals surface area contributed by atoms with Crippen LogP contribution in [0.25, 0.3) is 0 Å². The minimum absolute atomic E-state index is 0.0324. The predicted molar refractivity (Wildman–Crippen MR) is 85.8 cm³/mol. The van der Waals surface area contributed by atoms with Gasteiger partial charge in [-0.1, -0.05) is 15.9 Å². The van der Waals surface area contributed by atoms with Gasteiger partial charge in [-0.05, 0) is 49.4 Å². The molecule has 2 aromatic carbocycles. The van der Waals surface area contributed by atoms with Crippen LogP contribution < -0.4 is 14.8 Å². The molecule has 0 aromatic heterocycles. The van der Waals surface area contributed by atoms with Crippen LogP contribution in [-0.2, 0) is 4.79 Å². The zero-order chi connectivity index (χ0) is 15.9. The number of carbonyl (C=O) groups is 1. The lowest BCUT2D eigenvalue weighted by molar-refractivity contribution is -0.118. The number of benzene rings is 2. The van der Waals surface area contributed by atoms with Crippen LogP contribution >= 0.6 is 15.9 Å². The lowest BCUT2D eigenvalue weighted by Crippen LogP contribution is -2.20. The molecule has 0 aliphatic heterocycles. The largest absolute Gasteiger partial charge is 0.494 e. The van der Waals surface area contributed by atoms with E-state index in [1.807, 2.05) is 6.92 Å². The van der Waals surface area contributed by atoms with E-state index in [4.69, 9.17) is 9.47 Å². The second kappa shape index (κ2) is 7.79. The second-order valence-electron chi connectivity index (χ2n) is 4.37. The molecular formula is C16H15BrFNO3. The predicted octanol–water partition coefficient (Wildman–Crippen LogP) is 4.00. The maximum absolute atomic E-state index is 13.5. The summed E-state index contributed by atoms with van der Waals surface area (Å²) in [5, 5.41) is 2.66. The van der Waals surface area contributed by atoms with Crippen molar-refractivity contribution in [3.05, 3.63) is 52.8 Å². The molecule has 1 N–H and O–H groups in total. The first kappa shape index (κ1) is 16.3. The van der Waals surface area contributed by atoms with E-state index in [2.05, 4.69) is 21.2 Å². The van der Waals surface area contributed by atoms with E-state index < -0.39 is 5.82 Å². The zero-order valence-corrected chi connectivity index (χ0v) is 13.5. The van der Waals surface area contributed by atoms with Gasteiger partial charge in [0, 0.05) is 10.2 Å². The summed E-state index contributed by atoms with van der Waals surface area (Å²) < 4.78 is 24.6. The summed E-state index contributed by atoms with van der Waals surface area (Å²) in [4.78, 5) is 11.8. The fourth-order valence-corrected chi connectivity index (χ4v) is 2.07. The summed E-state index contributed by atoms with van der Waals surface area (Å²) >= 11 is 3.15. The smallest absolute Gasteiger partial charge is 0.262 e. The van der Waals surface area contributed by atoms with Gasteiger partial charge in [-0.15, -0.1) is 0 Å². The van der Waals surface area contributed by atoms with Crippen molar-refractivity contribution in [3.8, 4) is 11.5 Å². The average Bonchev–Trinajstić information content (AvgIpc) is 2.49. The summed E-state index contributed by atoms with van der Waals surface area (Å²) in [6, 6.07) is 11.3. The summed E-state index contributed by atoms with van der Waals surface area (Å²) in [6.45, 7) is 2.21. The van der Waals surface area contributed by atoms with E-state index in [1.54, 1.807) is 30.3 Å². The molecule has 0 heterocycles. The molecule has 2 rings (SSSR count). The number of nitrogens with one attached hydrogen (secondary N) is 1. The van der Waals surface area contributed by atoms with Crippen molar-refractivity contribution in [3.63, 3.8) is 0 Å². The zero-order valence-electron chi connectivity index (χ0n) is 11.9. The van der Waals surface area contributed by atoms with Crippen molar-refractivity contribution < 1.29 is 18.7 Å². The van der Waals surface area contributed by atoms with Crippen LogP contribution in [0.4, 0.5) is 10.1 Å². The Bertz CT molecular complexity index is 646. The van der Waals surface area contributed by atoms with Gasteiger partial charge in [-0.25, -0.2) is 4.39 Å². The monoisotopic (exact) mass is 367 g/mol. The van der Waals surface area contributed by atoms with Crippen LogP contribution in [0.3, 0.4) is 0 Å². The van der Waals surface area contributed by atoms with Crippen molar-refractivity contribution in [1.29, 1.82) is 0 Å². The summed E-state index contributed by atoms with van der Waals surface area (Å²) in [6.07, 6.45) is 0. The maximum atomic E-state index is 13.5. The molecule has 0 aliphatic rings. The first-order valence-electron chi connectivity index (χ1n) is 6.69. The molecule has 4 nitrogen and oxygen atoms in total. The van der Waals surface area contributed by atoms with E-state index in [0.29, 0.717) is 16.8 Å². The van der Waals surface area contributed by atoms with Crippen molar-refractivity contribution in [2.75, 3.05) is 18.5 Å². The number of anilines is 1. The van der Waals surface area contributed by atoms with Gasteiger partial charge < -0.3 is 14.8 Å². The Morgan fingerprint density at radius 3 is 2.55 bits per heavy atom. The highest BCUT2D eigenvalue weighted by Gasteiger charge is 2.08. The van der Waals surface area contributed by atoms with E-state index in [0.717, 1.165) is 5.75 Å². The normalized spacial score (nSPS) is 10.1. The Hall–Kier alpha value is -2.08. The molecule has 0 saturated heterocycles. The molecule has 0 radical (unpaired) electrons. The van der Waals surface area contributed by atoms with Gasteiger partial charge in [-0.2, -0.15) is 0 Å². The van der Waals surface area contributed by atoms with E-state index >= 15 is 0 Å². The van der Waals surface area contributed by atoms with Crippen molar-refractivity contribution >= 4 is 27.5 Å². The minimum atomic E-state index is -0.525. The van der Waals surface area contributed by atoms with Crippen LogP contribution in [0, 0.1) is 5.82 Å². The fraction of sp³-hybridized carbons (Fsp3) is 0.188. The van der Waals surface area contributed by atoms with Crippen LogP contribution in [-0.4, -0.2) is 19.1 Å². The topological polar surface area (TPSA) is 47.6 Å². The molecule has 0 unspecified atom stereocenters. The average molecular weight is 368 g/mol. The van der Waals surface area contributed by atoms with E-state index in [-0.39, 0.29) is 18.3 Å². The highest BCUT2D eigenvalue weighted by Crippen LogP contribution is 2.21. The van der Waals surface area contributed by atoms with Crippen LogP contribution in [0.1, 0.15) is 6.92 Å². The highest BCUT2D eigenvalue weighted by molar-refractivity contribution is 9.10. The van der Waals surface area contributed by atoms with Gasteiger partial charge in [0.1, 0.15) is 5.75 Å². The Labute approximate surface area is 136 Å². The number of halogens is 2. The third kappa shape index (κ3) is 4.73. The quantitative estimate of drug-likeness (QED) is 0.838. The molecule has 1 amide bonds. The SMILES string of the molecule is CCOc1ccc(NC(=O)COc2ccc(Br)cc2F)cc1. The lowest BCUT2D eigenvalue weighted by atomic mass is 10.3. The van der Waals surface area contributed by atoms with Gasteiger partial charge in [0.05, 0.1) is 6.61 Å². The molecule has 22 heavy (non-hydrogen) atoms. The first-order chi connectivity index (χ1) is 10.6. The summed E-state index contributed by atoms with van der Waals surface area (Å²) in [5.41, 5.74) is 0.619. The lowest BCUT2D eigenvalue weighted by Gasteiger charge is -2.09. The highest BCUT2D eigenvalue weighted by atomic mass is 79.9. The molecule has 0 fully saturated rings. The van der Waals surface area contributed by atoms with Gasteiger partial charge in [0.2, 0.25) is 0 Å². The summed E-state index contributed by atoms with van der Waals surface area (Å²) in [5.74, 6) is -0.131. The van der Waals surface area contributed by atoms with Crippen molar-refractivity contribution in [1.82, 2.24) is 0 Å². The number of ether oxygens (including phenoxy) is 2. The Kier molecular flexibility index (Phi) is 5.77. The van der Waals surface area contributed by atoms with Gasteiger partial charge in [0.15, 0.2) is 18.2 Å². The van der Waals surface area contributed by atoms with Crippen LogP contribution in [0.2, 0.25) is 0 Å². The Morgan fingerprint density at radius 1 is 1.18 bits per heavy atom. The third-order valence-corrected chi connectivity index (χ3v) is 3.20. The van der Waals surface area contributed by atoms with Gasteiger partial charge >= 0.3 is 0 Å². The molecular weight excluding hydrogens is 353 g/mol. The first-order valence-corrected chi connectivity index (χ1v) is 7.48. The van der Waals surface area contributed by atoms with Crippen LogP contribution in [0.15, 0.2) is 46.9 Å². The molecule has 0 saturated carbocycles. The molecule has 6 heteroatoms. The third-order valence-electron chi connectivity index (χ3n) is 2.70. The number of hydrogen-bond donors (Lipinski definition) is 1. The Balaban J connectivity index is 1.87. The fourth-order valence-electron chi connectivity index (χ4n) is 1.73. The van der Waals surface area contributed by atoms with E-state index in [9.17, 15) is 9.18 Å². The molecule has 0 aliphatic carbocycles. The number of amides is 1. The molecule has 0 atom stereocenters. The minimum Gasteiger partial charge on any atom is -0.494 e. The number of hydrogen-bond acceptors (Lipinski definition) is 3. The van der Waals surface area contributed by atoms with Gasteiger partial charge in [0.25, 0.3) is 5.91 Å². The Morgan fingerprint density at radius 2 is 1.91 bits per heavy atom. The maximum Gasteiger partial charge on any atom is 0.262 e. The molecule has 2 aromatic rings. The molecule has 0 spiro atoms. The van der Waals surface area contributed by atoms with Crippen molar-refractivity contribution in [2.24, 2.45) is 0 Å². The van der Waals surface area contributed by atoms with Crippen molar-refractivity contribution in [2.45, 2.75) is 6.92 Å². The van der Waals surface area contributed by atoms with E-state index in [1.165, 1.54) is 12.1 Å². The molecule has 116 valence electrons. The number of carbonyl (C=O) groups excluding carboxylic acids is 1. The molecule has 0 bridgehead atoms. The van der Waals surface area contributed by atoms with Gasteiger partial charge in [-0.3, -0.25) is 4.79 Å².